The predicted octanol–water partition coefficient (Wildman–Crippen LogP) is 1.91. The zero-order chi connectivity index (χ0) is 9.07. The first-order chi connectivity index (χ1) is 5.91. The first-order valence-corrected chi connectivity index (χ1v) is 4.38. The highest BCUT2D eigenvalue weighted by Gasteiger charge is 1.84. The van der Waals surface area contributed by atoms with Gasteiger partial charge in [0, 0.05) is 6.61 Å². The van der Waals surface area contributed by atoms with Crippen LogP contribution in [0, 0.1) is 0 Å². The normalized spacial score (nSPS) is 11.8. The Morgan fingerprint density at radius 1 is 1.25 bits per heavy atom. The van der Waals surface area contributed by atoms with Crippen LogP contribution in [0.4, 0.5) is 0 Å². The minimum atomic E-state index is 0.119. The number of aliphatic hydroxyl groups excluding tert-OH is 1. The molecule has 0 aliphatic carbocycles. The van der Waals surface area contributed by atoms with Crippen molar-refractivity contribution in [3.05, 3.63) is 24.3 Å². The lowest BCUT2D eigenvalue weighted by Gasteiger charge is -1.98. The molecule has 2 nitrogen and oxygen atoms in total. The van der Waals surface area contributed by atoms with Crippen molar-refractivity contribution in [2.24, 2.45) is 0 Å². The molecule has 0 rings (SSSR count). The van der Waals surface area contributed by atoms with Crippen molar-refractivity contribution in [2.75, 3.05) is 19.8 Å². The molecule has 0 saturated heterocycles. The molecule has 0 aromatic carbocycles. The highest BCUT2D eigenvalue weighted by molar-refractivity contribution is 5.00. The van der Waals surface area contributed by atoms with Crippen LogP contribution in [0.25, 0.3) is 0 Å². The zero-order valence-electron chi connectivity index (χ0n) is 7.70. The van der Waals surface area contributed by atoms with Crippen LogP contribution in [-0.4, -0.2) is 24.9 Å². The average molecular weight is 170 g/mol. The van der Waals surface area contributed by atoms with E-state index in [9.17, 15) is 0 Å². The van der Waals surface area contributed by atoms with Gasteiger partial charge in [-0.05, 0) is 19.8 Å². The Hall–Kier alpha value is -0.600. The summed E-state index contributed by atoms with van der Waals surface area (Å²) in [5, 5.41) is 8.39. The predicted molar refractivity (Wildman–Crippen MR) is 51.1 cm³/mol. The fourth-order valence-corrected chi connectivity index (χ4v) is 0.756. The van der Waals surface area contributed by atoms with Crippen molar-refractivity contribution in [3.8, 4) is 0 Å². The standard InChI is InChI=1S/C10H18O2/c1-2-3-4-5-6-7-9-12-10-8-11/h2-5,11H,6-10H2,1H3/b3-2+,5-4+. The lowest BCUT2D eigenvalue weighted by molar-refractivity contribution is 0.0912. The molecule has 0 amide bonds. The van der Waals surface area contributed by atoms with Crippen LogP contribution < -0.4 is 0 Å². The van der Waals surface area contributed by atoms with Gasteiger partial charge in [-0.25, -0.2) is 0 Å². The maximum atomic E-state index is 8.39. The fourth-order valence-electron chi connectivity index (χ4n) is 0.756. The van der Waals surface area contributed by atoms with E-state index in [-0.39, 0.29) is 6.61 Å². The van der Waals surface area contributed by atoms with E-state index in [1.165, 1.54) is 0 Å². The number of hydrogen-bond acceptors (Lipinski definition) is 2. The molecular weight excluding hydrogens is 152 g/mol. The van der Waals surface area contributed by atoms with Gasteiger partial charge < -0.3 is 9.84 Å². The molecule has 2 heteroatoms. The molecule has 0 aliphatic rings. The summed E-state index contributed by atoms with van der Waals surface area (Å²) < 4.78 is 5.09. The molecule has 0 aromatic heterocycles. The summed E-state index contributed by atoms with van der Waals surface area (Å²) in [4.78, 5) is 0. The maximum Gasteiger partial charge on any atom is 0.0697 e. The minimum Gasteiger partial charge on any atom is -0.394 e. The minimum absolute atomic E-state index is 0.119. The van der Waals surface area contributed by atoms with Gasteiger partial charge in [0.15, 0.2) is 0 Å². The number of unbranched alkanes of at least 4 members (excludes halogenated alkanes) is 1. The Balaban J connectivity index is 3.00. The van der Waals surface area contributed by atoms with Crippen LogP contribution >= 0.6 is 0 Å². The second-order valence-electron chi connectivity index (χ2n) is 2.43. The molecule has 70 valence electrons. The van der Waals surface area contributed by atoms with Gasteiger partial charge in [-0.3, -0.25) is 0 Å². The zero-order valence-corrected chi connectivity index (χ0v) is 7.70. The number of rotatable bonds is 7. The van der Waals surface area contributed by atoms with E-state index in [2.05, 4.69) is 6.08 Å². The highest BCUT2D eigenvalue weighted by Crippen LogP contribution is 1.92. The van der Waals surface area contributed by atoms with Gasteiger partial charge in [-0.1, -0.05) is 24.3 Å². The topological polar surface area (TPSA) is 29.5 Å². The second-order valence-corrected chi connectivity index (χ2v) is 2.43. The van der Waals surface area contributed by atoms with Crippen molar-refractivity contribution in [2.45, 2.75) is 19.8 Å². The average Bonchev–Trinajstić information content (AvgIpc) is 2.10. The van der Waals surface area contributed by atoms with Gasteiger partial charge in [0.1, 0.15) is 0 Å². The Bertz CT molecular complexity index is 128. The van der Waals surface area contributed by atoms with E-state index in [1.54, 1.807) is 0 Å². The number of aliphatic hydroxyl groups is 1. The Morgan fingerprint density at radius 3 is 2.75 bits per heavy atom. The number of ether oxygens (including phenoxy) is 1. The molecule has 0 bridgehead atoms. The van der Waals surface area contributed by atoms with Crippen LogP contribution in [-0.2, 0) is 4.74 Å². The van der Waals surface area contributed by atoms with E-state index < -0.39 is 0 Å². The molecule has 12 heavy (non-hydrogen) atoms. The largest absolute Gasteiger partial charge is 0.394 e. The van der Waals surface area contributed by atoms with E-state index in [4.69, 9.17) is 9.84 Å². The molecule has 0 spiro atoms. The Labute approximate surface area is 74.6 Å². The van der Waals surface area contributed by atoms with Gasteiger partial charge in [-0.2, -0.15) is 0 Å². The molecular formula is C10H18O2. The molecule has 0 unspecified atom stereocenters. The Kier molecular flexibility index (Phi) is 9.88. The molecule has 0 aliphatic heterocycles. The number of hydrogen-bond donors (Lipinski definition) is 1. The number of allylic oxidation sites excluding steroid dienone is 4. The SMILES string of the molecule is C/C=C/C=C/CCCOCCO. The molecule has 0 atom stereocenters. The molecule has 0 aromatic rings. The van der Waals surface area contributed by atoms with Gasteiger partial charge in [0.2, 0.25) is 0 Å². The molecule has 0 fully saturated rings. The van der Waals surface area contributed by atoms with Crippen molar-refractivity contribution >= 4 is 0 Å². The third-order valence-electron chi connectivity index (χ3n) is 1.33. The van der Waals surface area contributed by atoms with E-state index >= 15 is 0 Å². The molecule has 0 heterocycles. The third-order valence-corrected chi connectivity index (χ3v) is 1.33. The van der Waals surface area contributed by atoms with E-state index in [0.29, 0.717) is 6.61 Å². The lowest BCUT2D eigenvalue weighted by atomic mass is 10.3. The van der Waals surface area contributed by atoms with Gasteiger partial charge >= 0.3 is 0 Å². The van der Waals surface area contributed by atoms with Crippen LogP contribution in [0.15, 0.2) is 24.3 Å². The van der Waals surface area contributed by atoms with Gasteiger partial charge in [0.25, 0.3) is 0 Å². The van der Waals surface area contributed by atoms with Crippen LogP contribution in [0.2, 0.25) is 0 Å². The summed E-state index contributed by atoms with van der Waals surface area (Å²) in [7, 11) is 0. The van der Waals surface area contributed by atoms with Crippen molar-refractivity contribution in [1.29, 1.82) is 0 Å². The smallest absolute Gasteiger partial charge is 0.0697 e. The van der Waals surface area contributed by atoms with E-state index in [1.807, 2.05) is 25.2 Å². The molecule has 0 radical (unpaired) electrons. The van der Waals surface area contributed by atoms with Crippen molar-refractivity contribution < 1.29 is 9.84 Å². The van der Waals surface area contributed by atoms with Crippen LogP contribution in [0.3, 0.4) is 0 Å². The first-order valence-electron chi connectivity index (χ1n) is 4.38. The van der Waals surface area contributed by atoms with Crippen LogP contribution in [0.5, 0.6) is 0 Å². The summed E-state index contributed by atoms with van der Waals surface area (Å²) in [6.07, 6.45) is 10.2. The van der Waals surface area contributed by atoms with Gasteiger partial charge in [0.05, 0.1) is 13.2 Å². The summed E-state index contributed by atoms with van der Waals surface area (Å²) in [6.45, 7) is 3.31. The monoisotopic (exact) mass is 170 g/mol. The maximum absolute atomic E-state index is 8.39. The lowest BCUT2D eigenvalue weighted by Crippen LogP contribution is -1.99. The molecule has 0 saturated carbocycles. The fraction of sp³-hybridized carbons (Fsp3) is 0.600. The molecule has 1 N–H and O–H groups in total. The second kappa shape index (κ2) is 10.4. The summed E-state index contributed by atoms with van der Waals surface area (Å²) in [5.41, 5.74) is 0. The van der Waals surface area contributed by atoms with Crippen molar-refractivity contribution in [3.63, 3.8) is 0 Å². The summed E-state index contributed by atoms with van der Waals surface area (Å²) >= 11 is 0. The van der Waals surface area contributed by atoms with Crippen LogP contribution in [0.1, 0.15) is 19.8 Å². The first kappa shape index (κ1) is 11.4. The summed E-state index contributed by atoms with van der Waals surface area (Å²) in [5.74, 6) is 0. The third kappa shape index (κ3) is 9.40. The van der Waals surface area contributed by atoms with Crippen molar-refractivity contribution in [1.82, 2.24) is 0 Å². The quantitative estimate of drug-likeness (QED) is 0.467. The highest BCUT2D eigenvalue weighted by atomic mass is 16.5. The Morgan fingerprint density at radius 2 is 2.08 bits per heavy atom. The van der Waals surface area contributed by atoms with Gasteiger partial charge in [-0.15, -0.1) is 0 Å². The van der Waals surface area contributed by atoms with E-state index in [0.717, 1.165) is 19.4 Å². The summed E-state index contributed by atoms with van der Waals surface area (Å²) in [6, 6.07) is 0.